The van der Waals surface area contributed by atoms with E-state index in [0.717, 1.165) is 5.75 Å². The summed E-state index contributed by atoms with van der Waals surface area (Å²) in [5.74, 6) is 2.02. The van der Waals surface area contributed by atoms with E-state index in [1.54, 1.807) is 0 Å². The molecule has 0 bridgehead atoms. The molecule has 0 saturated heterocycles. The van der Waals surface area contributed by atoms with E-state index in [2.05, 4.69) is 75.4 Å². The maximum Gasteiger partial charge on any atom is 0.197 e. The summed E-state index contributed by atoms with van der Waals surface area (Å²) in [7, 11) is 0. The van der Waals surface area contributed by atoms with E-state index in [9.17, 15) is 0 Å². The molecule has 26 heavy (non-hydrogen) atoms. The topological polar surface area (TPSA) is 18.5 Å². The van der Waals surface area contributed by atoms with E-state index in [0.29, 0.717) is 18.4 Å². The Labute approximate surface area is 156 Å². The van der Waals surface area contributed by atoms with Crippen LogP contribution in [0.3, 0.4) is 0 Å². The molecule has 0 aromatic heterocycles. The Balaban J connectivity index is 1.59. The summed E-state index contributed by atoms with van der Waals surface area (Å²) in [6.07, 6.45) is -0.303. The van der Waals surface area contributed by atoms with Gasteiger partial charge in [0.2, 0.25) is 0 Å². The molecule has 3 aromatic rings. The van der Waals surface area contributed by atoms with E-state index in [1.807, 2.05) is 19.1 Å². The van der Waals surface area contributed by atoms with Gasteiger partial charge in [0, 0.05) is 0 Å². The van der Waals surface area contributed by atoms with E-state index in [1.165, 1.54) is 21.9 Å². The van der Waals surface area contributed by atoms with Crippen LogP contribution in [-0.2, 0) is 11.3 Å². The molecule has 2 nitrogen and oxygen atoms in total. The Morgan fingerprint density at radius 1 is 0.769 bits per heavy atom. The van der Waals surface area contributed by atoms with Crippen LogP contribution in [0.4, 0.5) is 0 Å². The molecule has 0 radical (unpaired) electrons. The van der Waals surface area contributed by atoms with E-state index in [-0.39, 0.29) is 6.29 Å². The van der Waals surface area contributed by atoms with Crippen LogP contribution in [0.15, 0.2) is 66.7 Å². The van der Waals surface area contributed by atoms with Gasteiger partial charge in [0.05, 0.1) is 6.61 Å². The quantitative estimate of drug-likeness (QED) is 0.451. The van der Waals surface area contributed by atoms with Crippen molar-refractivity contribution in [2.45, 2.75) is 46.5 Å². The van der Waals surface area contributed by atoms with Crippen LogP contribution in [-0.4, -0.2) is 6.29 Å². The van der Waals surface area contributed by atoms with Gasteiger partial charge < -0.3 is 9.47 Å². The highest BCUT2D eigenvalue weighted by Crippen LogP contribution is 2.26. The number of benzene rings is 3. The second-order valence-electron chi connectivity index (χ2n) is 7.24. The largest absolute Gasteiger partial charge is 0.465 e. The minimum atomic E-state index is -0.303. The zero-order valence-electron chi connectivity index (χ0n) is 16.1. The molecule has 3 aromatic carbocycles. The number of rotatable bonds is 7. The molecule has 0 saturated carbocycles. The minimum absolute atomic E-state index is 0.303. The highest BCUT2D eigenvalue weighted by molar-refractivity contribution is 5.85. The standard InChI is InChI=1S/C24H28O2/c1-17(2)18(3)20-12-14-23(15-13-20)26-19(4)25-16-22-10-7-9-21-8-5-6-11-24(21)22/h5-15,17-19H,16H2,1-4H3. The Kier molecular flexibility index (Phi) is 5.95. The van der Waals surface area contributed by atoms with Gasteiger partial charge in [-0.25, -0.2) is 0 Å². The lowest BCUT2D eigenvalue weighted by Gasteiger charge is -2.18. The Morgan fingerprint density at radius 2 is 1.46 bits per heavy atom. The molecule has 2 heteroatoms. The summed E-state index contributed by atoms with van der Waals surface area (Å²) in [5.41, 5.74) is 2.52. The molecule has 0 aliphatic heterocycles. The third-order valence-electron chi connectivity index (χ3n) is 5.06. The second-order valence-corrected chi connectivity index (χ2v) is 7.24. The van der Waals surface area contributed by atoms with E-state index in [4.69, 9.17) is 9.47 Å². The molecular formula is C24H28O2. The Hall–Kier alpha value is -2.32. The summed E-state index contributed by atoms with van der Waals surface area (Å²) >= 11 is 0. The van der Waals surface area contributed by atoms with Gasteiger partial charge in [-0.3, -0.25) is 0 Å². The molecule has 0 N–H and O–H groups in total. The molecule has 136 valence electrons. The van der Waals surface area contributed by atoms with Gasteiger partial charge in [-0.1, -0.05) is 75.4 Å². The van der Waals surface area contributed by atoms with Gasteiger partial charge in [-0.2, -0.15) is 0 Å². The van der Waals surface area contributed by atoms with Crippen molar-refractivity contribution >= 4 is 10.8 Å². The molecule has 0 aliphatic rings. The second kappa shape index (κ2) is 8.37. The highest BCUT2D eigenvalue weighted by Gasteiger charge is 2.11. The first-order valence-corrected chi connectivity index (χ1v) is 9.39. The molecule has 2 atom stereocenters. The van der Waals surface area contributed by atoms with Crippen LogP contribution in [0, 0.1) is 5.92 Å². The van der Waals surface area contributed by atoms with Crippen LogP contribution < -0.4 is 4.74 Å². The van der Waals surface area contributed by atoms with Gasteiger partial charge in [-0.05, 0) is 52.8 Å². The van der Waals surface area contributed by atoms with Crippen LogP contribution >= 0.6 is 0 Å². The van der Waals surface area contributed by atoms with Crippen LogP contribution in [0.2, 0.25) is 0 Å². The molecule has 0 spiro atoms. The lowest BCUT2D eigenvalue weighted by atomic mass is 9.90. The first-order chi connectivity index (χ1) is 12.5. The van der Waals surface area contributed by atoms with Crippen molar-refractivity contribution in [3.63, 3.8) is 0 Å². The van der Waals surface area contributed by atoms with Gasteiger partial charge in [0.25, 0.3) is 0 Å². The summed E-state index contributed by atoms with van der Waals surface area (Å²) < 4.78 is 11.9. The summed E-state index contributed by atoms with van der Waals surface area (Å²) in [5, 5.41) is 2.46. The average Bonchev–Trinajstić information content (AvgIpc) is 2.66. The predicted octanol–water partition coefficient (Wildman–Crippen LogP) is 6.54. The zero-order chi connectivity index (χ0) is 18.5. The van der Waals surface area contributed by atoms with Gasteiger partial charge in [0.15, 0.2) is 6.29 Å². The van der Waals surface area contributed by atoms with Gasteiger partial charge in [-0.15, -0.1) is 0 Å². The fourth-order valence-electron chi connectivity index (χ4n) is 3.09. The molecule has 0 aliphatic carbocycles. The van der Waals surface area contributed by atoms with Crippen LogP contribution in [0.1, 0.15) is 44.7 Å². The molecule has 2 unspecified atom stereocenters. The minimum Gasteiger partial charge on any atom is -0.465 e. The summed E-state index contributed by atoms with van der Waals surface area (Å²) in [6.45, 7) is 9.23. The van der Waals surface area contributed by atoms with Crippen molar-refractivity contribution in [1.82, 2.24) is 0 Å². The third-order valence-corrected chi connectivity index (χ3v) is 5.06. The normalized spacial score (nSPS) is 13.7. The molecule has 0 fully saturated rings. The summed E-state index contributed by atoms with van der Waals surface area (Å²) in [6, 6.07) is 23.0. The van der Waals surface area contributed by atoms with Gasteiger partial charge >= 0.3 is 0 Å². The highest BCUT2D eigenvalue weighted by atomic mass is 16.7. The van der Waals surface area contributed by atoms with Crippen LogP contribution in [0.25, 0.3) is 10.8 Å². The number of hydrogen-bond donors (Lipinski definition) is 0. The number of fused-ring (bicyclic) bond motifs is 1. The SMILES string of the molecule is CC(OCc1cccc2ccccc12)Oc1ccc(C(C)C(C)C)cc1. The fraction of sp³-hybridized carbons (Fsp3) is 0.333. The van der Waals surface area contributed by atoms with Crippen molar-refractivity contribution in [3.8, 4) is 5.75 Å². The average molecular weight is 348 g/mol. The van der Waals surface area contributed by atoms with Crippen molar-refractivity contribution in [2.24, 2.45) is 5.92 Å². The first kappa shape index (κ1) is 18.5. The molecule has 0 amide bonds. The maximum atomic E-state index is 5.93. The lowest BCUT2D eigenvalue weighted by Crippen LogP contribution is -2.16. The van der Waals surface area contributed by atoms with Crippen molar-refractivity contribution in [1.29, 1.82) is 0 Å². The zero-order valence-corrected chi connectivity index (χ0v) is 16.1. The Morgan fingerprint density at radius 3 is 2.19 bits per heavy atom. The third kappa shape index (κ3) is 4.44. The number of ether oxygens (including phenoxy) is 2. The summed E-state index contributed by atoms with van der Waals surface area (Å²) in [4.78, 5) is 0. The van der Waals surface area contributed by atoms with Crippen molar-refractivity contribution < 1.29 is 9.47 Å². The Bertz CT molecular complexity index is 831. The number of hydrogen-bond acceptors (Lipinski definition) is 2. The maximum absolute atomic E-state index is 5.93. The first-order valence-electron chi connectivity index (χ1n) is 9.39. The monoisotopic (exact) mass is 348 g/mol. The molecular weight excluding hydrogens is 320 g/mol. The fourth-order valence-corrected chi connectivity index (χ4v) is 3.09. The van der Waals surface area contributed by atoms with E-state index >= 15 is 0 Å². The molecule has 0 heterocycles. The molecule has 3 rings (SSSR count). The van der Waals surface area contributed by atoms with Gasteiger partial charge in [0.1, 0.15) is 5.75 Å². The lowest BCUT2D eigenvalue weighted by molar-refractivity contribution is -0.0755. The van der Waals surface area contributed by atoms with Crippen molar-refractivity contribution in [3.05, 3.63) is 77.9 Å². The predicted molar refractivity (Wildman–Crippen MR) is 109 cm³/mol. The van der Waals surface area contributed by atoms with Crippen molar-refractivity contribution in [2.75, 3.05) is 0 Å². The smallest absolute Gasteiger partial charge is 0.197 e. The van der Waals surface area contributed by atoms with Crippen LogP contribution in [0.5, 0.6) is 5.75 Å². The van der Waals surface area contributed by atoms with E-state index < -0.39 is 0 Å².